The average molecular weight is 458 g/mol. The van der Waals surface area contributed by atoms with Crippen LogP contribution in [0.15, 0.2) is 42.3 Å². The average Bonchev–Trinajstić information content (AvgIpc) is 2.77. The second-order valence-electron chi connectivity index (χ2n) is 8.62. The number of hydrogen-bond donors (Lipinski definition) is 1. The predicted molar refractivity (Wildman–Crippen MR) is 122 cm³/mol. The van der Waals surface area contributed by atoms with E-state index >= 15 is 0 Å². The highest BCUT2D eigenvalue weighted by Crippen LogP contribution is 2.34. The fourth-order valence-electron chi connectivity index (χ4n) is 4.18. The molecular weight excluding hydrogens is 428 g/mol. The van der Waals surface area contributed by atoms with Crippen molar-refractivity contribution in [2.75, 3.05) is 45.7 Å². The third kappa shape index (κ3) is 5.27. The van der Waals surface area contributed by atoms with E-state index in [0.29, 0.717) is 43.9 Å². The fraction of sp³-hybridized carbons (Fsp3) is 0.400. The number of halogens is 2. The molecule has 1 amide bonds. The number of carbonyl (C=O) groups excluding carboxylic acids is 1. The third-order valence-electron chi connectivity index (χ3n) is 5.84. The molecule has 8 heteroatoms. The number of morpholine rings is 1. The van der Waals surface area contributed by atoms with Gasteiger partial charge in [-0.2, -0.15) is 0 Å². The molecule has 2 aliphatic heterocycles. The standard InChI is InChI=1S/C25H29F2N3O3/c1-16-15-32-9-8-30(16)23-5-4-17-10-19(25(31)29(2)3)11-18(24(17)33-23)6-7-28-22-13-20(26)12-21(27)14-22/h5,10-14,16,28H,4,6-9,15H2,1-3H3/t16-/m0/s1. The molecule has 1 atom stereocenters. The molecule has 4 rings (SSSR count). The lowest BCUT2D eigenvalue weighted by atomic mass is 9.97. The summed E-state index contributed by atoms with van der Waals surface area (Å²) in [5, 5.41) is 3.06. The molecule has 0 unspecified atom stereocenters. The Morgan fingerprint density at radius 2 is 1.94 bits per heavy atom. The van der Waals surface area contributed by atoms with Crippen molar-refractivity contribution < 1.29 is 23.0 Å². The summed E-state index contributed by atoms with van der Waals surface area (Å²) in [6.07, 6.45) is 3.21. The number of nitrogens with one attached hydrogen (secondary N) is 1. The highest BCUT2D eigenvalue weighted by molar-refractivity contribution is 5.94. The highest BCUT2D eigenvalue weighted by atomic mass is 19.1. The van der Waals surface area contributed by atoms with Crippen LogP contribution in [0, 0.1) is 11.6 Å². The number of carbonyl (C=O) groups is 1. The van der Waals surface area contributed by atoms with Gasteiger partial charge in [0.2, 0.25) is 0 Å². The van der Waals surface area contributed by atoms with Gasteiger partial charge in [0.25, 0.3) is 5.91 Å². The van der Waals surface area contributed by atoms with E-state index in [-0.39, 0.29) is 11.9 Å². The molecular formula is C25H29F2N3O3. The largest absolute Gasteiger partial charge is 0.441 e. The van der Waals surface area contributed by atoms with E-state index in [1.165, 1.54) is 12.1 Å². The number of hydrogen-bond acceptors (Lipinski definition) is 5. The van der Waals surface area contributed by atoms with E-state index in [1.807, 2.05) is 18.2 Å². The monoisotopic (exact) mass is 457 g/mol. The summed E-state index contributed by atoms with van der Waals surface area (Å²) in [5.41, 5.74) is 2.77. The minimum absolute atomic E-state index is 0.0872. The van der Waals surface area contributed by atoms with E-state index in [4.69, 9.17) is 9.47 Å². The van der Waals surface area contributed by atoms with Gasteiger partial charge in [-0.3, -0.25) is 4.79 Å². The van der Waals surface area contributed by atoms with Crippen LogP contribution < -0.4 is 10.1 Å². The van der Waals surface area contributed by atoms with Crippen LogP contribution in [0.4, 0.5) is 14.5 Å². The lowest BCUT2D eigenvalue weighted by molar-refractivity contribution is -0.00265. The van der Waals surface area contributed by atoms with Crippen LogP contribution >= 0.6 is 0 Å². The number of fused-ring (bicyclic) bond motifs is 1. The Labute approximate surface area is 192 Å². The fourth-order valence-corrected chi connectivity index (χ4v) is 4.18. The molecule has 1 fully saturated rings. The van der Waals surface area contributed by atoms with Gasteiger partial charge in [-0.1, -0.05) is 0 Å². The van der Waals surface area contributed by atoms with E-state index in [0.717, 1.165) is 35.4 Å². The van der Waals surface area contributed by atoms with Gasteiger partial charge < -0.3 is 24.6 Å². The Hall–Kier alpha value is -3.13. The molecule has 2 aromatic rings. The van der Waals surface area contributed by atoms with Gasteiger partial charge in [0.1, 0.15) is 17.4 Å². The van der Waals surface area contributed by atoms with Crippen molar-refractivity contribution in [1.29, 1.82) is 0 Å². The molecule has 0 spiro atoms. The molecule has 176 valence electrons. The smallest absolute Gasteiger partial charge is 0.253 e. The van der Waals surface area contributed by atoms with Gasteiger partial charge in [-0.25, -0.2) is 8.78 Å². The summed E-state index contributed by atoms with van der Waals surface area (Å²) in [7, 11) is 3.44. The quantitative estimate of drug-likeness (QED) is 0.715. The van der Waals surface area contributed by atoms with Crippen LogP contribution in [0.5, 0.6) is 5.75 Å². The maximum absolute atomic E-state index is 13.5. The van der Waals surface area contributed by atoms with Gasteiger partial charge in [0.15, 0.2) is 5.88 Å². The molecule has 1 N–H and O–H groups in total. The molecule has 33 heavy (non-hydrogen) atoms. The Morgan fingerprint density at radius 1 is 1.18 bits per heavy atom. The summed E-state index contributed by atoms with van der Waals surface area (Å²) in [6, 6.07) is 7.28. The normalized spacial score (nSPS) is 17.7. The Bertz CT molecular complexity index is 1050. The molecule has 0 aliphatic carbocycles. The number of anilines is 1. The van der Waals surface area contributed by atoms with Crippen LogP contribution in [0.1, 0.15) is 28.4 Å². The van der Waals surface area contributed by atoms with Crippen LogP contribution in [-0.4, -0.2) is 62.1 Å². The van der Waals surface area contributed by atoms with E-state index in [1.54, 1.807) is 19.0 Å². The topological polar surface area (TPSA) is 54.0 Å². The number of amides is 1. The first-order chi connectivity index (χ1) is 15.8. The minimum atomic E-state index is -0.633. The van der Waals surface area contributed by atoms with Gasteiger partial charge in [0, 0.05) is 44.5 Å². The zero-order valence-corrected chi connectivity index (χ0v) is 19.2. The summed E-state index contributed by atoms with van der Waals surface area (Å²) in [4.78, 5) is 16.4. The van der Waals surface area contributed by atoms with Gasteiger partial charge in [0.05, 0.1) is 19.3 Å². The van der Waals surface area contributed by atoms with Crippen molar-refractivity contribution >= 4 is 11.6 Å². The Morgan fingerprint density at radius 3 is 2.64 bits per heavy atom. The number of allylic oxidation sites excluding steroid dienone is 1. The van der Waals surface area contributed by atoms with Crippen LogP contribution in [0.3, 0.4) is 0 Å². The van der Waals surface area contributed by atoms with Crippen LogP contribution in [0.2, 0.25) is 0 Å². The summed E-state index contributed by atoms with van der Waals surface area (Å²) < 4.78 is 38.9. The SMILES string of the molecule is C[C@H]1COCCN1C1=CCc2cc(C(=O)N(C)C)cc(CCNc3cc(F)cc(F)c3)c2O1. The van der Waals surface area contributed by atoms with Crippen molar-refractivity contribution in [2.24, 2.45) is 0 Å². The minimum Gasteiger partial charge on any atom is -0.441 e. The molecule has 0 bridgehead atoms. The highest BCUT2D eigenvalue weighted by Gasteiger charge is 2.27. The molecule has 0 aromatic heterocycles. The van der Waals surface area contributed by atoms with Crippen molar-refractivity contribution in [1.82, 2.24) is 9.80 Å². The first kappa shape index (κ1) is 23.0. The summed E-state index contributed by atoms with van der Waals surface area (Å²) in [5.74, 6) is 0.188. The first-order valence-corrected chi connectivity index (χ1v) is 11.1. The number of benzene rings is 2. The maximum atomic E-state index is 13.5. The number of ether oxygens (including phenoxy) is 2. The van der Waals surface area contributed by atoms with Crippen LogP contribution in [0.25, 0.3) is 0 Å². The molecule has 2 aromatic carbocycles. The lowest BCUT2D eigenvalue weighted by Crippen LogP contribution is -2.44. The molecule has 2 aliphatic rings. The maximum Gasteiger partial charge on any atom is 0.253 e. The second kappa shape index (κ2) is 9.79. The van der Waals surface area contributed by atoms with E-state index in [2.05, 4.69) is 17.1 Å². The molecule has 0 saturated carbocycles. The van der Waals surface area contributed by atoms with E-state index < -0.39 is 11.6 Å². The van der Waals surface area contributed by atoms with Gasteiger partial charge >= 0.3 is 0 Å². The van der Waals surface area contributed by atoms with Gasteiger partial charge in [-0.15, -0.1) is 0 Å². The summed E-state index contributed by atoms with van der Waals surface area (Å²) >= 11 is 0. The second-order valence-corrected chi connectivity index (χ2v) is 8.62. The van der Waals surface area contributed by atoms with Crippen molar-refractivity contribution in [2.45, 2.75) is 25.8 Å². The van der Waals surface area contributed by atoms with Crippen molar-refractivity contribution in [3.63, 3.8) is 0 Å². The molecule has 2 heterocycles. The van der Waals surface area contributed by atoms with Crippen molar-refractivity contribution in [3.05, 3.63) is 70.6 Å². The first-order valence-electron chi connectivity index (χ1n) is 11.1. The van der Waals surface area contributed by atoms with E-state index in [9.17, 15) is 13.6 Å². The zero-order chi connectivity index (χ0) is 23.5. The summed E-state index contributed by atoms with van der Waals surface area (Å²) in [6.45, 7) is 4.56. The van der Waals surface area contributed by atoms with Gasteiger partial charge in [-0.05, 0) is 61.2 Å². The molecule has 0 radical (unpaired) electrons. The number of rotatable bonds is 6. The lowest BCUT2D eigenvalue weighted by Gasteiger charge is -2.37. The Balaban J connectivity index is 1.58. The van der Waals surface area contributed by atoms with Crippen molar-refractivity contribution in [3.8, 4) is 5.75 Å². The van der Waals surface area contributed by atoms with Crippen LogP contribution in [-0.2, 0) is 17.6 Å². The third-order valence-corrected chi connectivity index (χ3v) is 5.84. The zero-order valence-electron chi connectivity index (χ0n) is 19.2. The molecule has 6 nitrogen and oxygen atoms in total. The molecule has 1 saturated heterocycles. The Kier molecular flexibility index (Phi) is 6.83. The number of nitrogens with zero attached hydrogens (tertiary/aromatic N) is 2. The predicted octanol–water partition coefficient (Wildman–Crippen LogP) is 3.82.